The number of ether oxygens (including phenoxy) is 4. The predicted octanol–water partition coefficient (Wildman–Crippen LogP) is 2.30. The molecule has 178 valence electrons. The molecule has 2 aromatic carbocycles. The maximum Gasteiger partial charge on any atom is 0.319 e. The van der Waals surface area contributed by atoms with Crippen LogP contribution < -0.4 is 30.2 Å². The third kappa shape index (κ3) is 6.99. The Bertz CT molecular complexity index is 919. The van der Waals surface area contributed by atoms with Gasteiger partial charge in [0.2, 0.25) is 11.7 Å². The SMILES string of the molecule is COc1cc(CNC(=O)Nc2ccc(NC(=O)CN3CCOCC3)cc2)cc(OC)c1OC. The van der Waals surface area contributed by atoms with Gasteiger partial charge in [0, 0.05) is 31.0 Å². The number of urea groups is 1. The lowest BCUT2D eigenvalue weighted by atomic mass is 10.2. The Morgan fingerprint density at radius 1 is 0.909 bits per heavy atom. The third-order valence-electron chi connectivity index (χ3n) is 5.08. The monoisotopic (exact) mass is 458 g/mol. The minimum Gasteiger partial charge on any atom is -0.493 e. The van der Waals surface area contributed by atoms with Crippen molar-refractivity contribution in [1.82, 2.24) is 10.2 Å². The van der Waals surface area contributed by atoms with E-state index in [9.17, 15) is 9.59 Å². The fourth-order valence-corrected chi connectivity index (χ4v) is 3.39. The zero-order valence-electron chi connectivity index (χ0n) is 19.1. The van der Waals surface area contributed by atoms with Gasteiger partial charge < -0.3 is 34.9 Å². The van der Waals surface area contributed by atoms with E-state index in [2.05, 4.69) is 16.0 Å². The molecule has 2 aromatic rings. The molecule has 1 aliphatic rings. The van der Waals surface area contributed by atoms with E-state index in [1.807, 2.05) is 4.90 Å². The molecular formula is C23H30N4O6. The molecule has 1 saturated heterocycles. The molecule has 0 unspecified atom stereocenters. The molecular weight excluding hydrogens is 428 g/mol. The highest BCUT2D eigenvalue weighted by atomic mass is 16.5. The first-order valence-electron chi connectivity index (χ1n) is 10.6. The molecule has 1 fully saturated rings. The van der Waals surface area contributed by atoms with Gasteiger partial charge in [-0.05, 0) is 42.0 Å². The van der Waals surface area contributed by atoms with Crippen molar-refractivity contribution in [3.05, 3.63) is 42.0 Å². The standard InChI is InChI=1S/C23H30N4O6/c1-30-19-12-16(13-20(31-2)22(19)32-3)14-24-23(29)26-18-6-4-17(5-7-18)25-21(28)15-27-8-10-33-11-9-27/h4-7,12-13H,8-11,14-15H2,1-3H3,(H,25,28)(H2,24,26,29). The quantitative estimate of drug-likeness (QED) is 0.529. The van der Waals surface area contributed by atoms with Crippen molar-refractivity contribution < 1.29 is 28.5 Å². The molecule has 0 spiro atoms. The summed E-state index contributed by atoms with van der Waals surface area (Å²) in [5, 5.41) is 8.42. The topological polar surface area (TPSA) is 110 Å². The summed E-state index contributed by atoms with van der Waals surface area (Å²) in [5.74, 6) is 1.44. The second-order valence-corrected chi connectivity index (χ2v) is 7.36. The van der Waals surface area contributed by atoms with E-state index in [1.165, 1.54) is 21.3 Å². The number of morpholine rings is 1. The van der Waals surface area contributed by atoms with Crippen LogP contribution in [0.25, 0.3) is 0 Å². The van der Waals surface area contributed by atoms with Gasteiger partial charge >= 0.3 is 6.03 Å². The summed E-state index contributed by atoms with van der Waals surface area (Å²) < 4.78 is 21.3. The number of nitrogens with zero attached hydrogens (tertiary/aromatic N) is 1. The molecule has 0 atom stereocenters. The van der Waals surface area contributed by atoms with Crippen molar-refractivity contribution in [2.24, 2.45) is 0 Å². The molecule has 0 radical (unpaired) electrons. The van der Waals surface area contributed by atoms with Crippen molar-refractivity contribution >= 4 is 23.3 Å². The Morgan fingerprint density at radius 3 is 2.03 bits per heavy atom. The first-order valence-corrected chi connectivity index (χ1v) is 10.6. The first kappa shape index (κ1) is 24.1. The molecule has 0 aromatic heterocycles. The highest BCUT2D eigenvalue weighted by Crippen LogP contribution is 2.38. The highest BCUT2D eigenvalue weighted by molar-refractivity contribution is 5.93. The van der Waals surface area contributed by atoms with Gasteiger partial charge in [0.15, 0.2) is 11.5 Å². The predicted molar refractivity (Wildman–Crippen MR) is 124 cm³/mol. The average molecular weight is 459 g/mol. The molecule has 3 amide bonds. The van der Waals surface area contributed by atoms with Crippen LogP contribution in [-0.4, -0.2) is 71.0 Å². The van der Waals surface area contributed by atoms with Gasteiger partial charge in [0.25, 0.3) is 0 Å². The summed E-state index contributed by atoms with van der Waals surface area (Å²) in [6.07, 6.45) is 0. The van der Waals surface area contributed by atoms with Crippen molar-refractivity contribution in [2.45, 2.75) is 6.54 Å². The van der Waals surface area contributed by atoms with E-state index in [0.717, 1.165) is 18.7 Å². The fraction of sp³-hybridized carbons (Fsp3) is 0.391. The molecule has 10 nitrogen and oxygen atoms in total. The van der Waals surface area contributed by atoms with Gasteiger partial charge in [-0.15, -0.1) is 0 Å². The number of amides is 3. The van der Waals surface area contributed by atoms with Crippen molar-refractivity contribution in [3.8, 4) is 17.2 Å². The summed E-state index contributed by atoms with van der Waals surface area (Å²) in [7, 11) is 4.61. The number of hydrogen-bond donors (Lipinski definition) is 3. The minimum atomic E-state index is -0.368. The van der Waals surface area contributed by atoms with Crippen LogP contribution in [-0.2, 0) is 16.1 Å². The Kier molecular flexibility index (Phi) is 8.73. The summed E-state index contributed by atoms with van der Waals surface area (Å²) in [5.41, 5.74) is 2.05. The van der Waals surface area contributed by atoms with Gasteiger partial charge in [-0.25, -0.2) is 4.79 Å². The first-order chi connectivity index (χ1) is 16.0. The van der Waals surface area contributed by atoms with E-state index < -0.39 is 0 Å². The van der Waals surface area contributed by atoms with Gasteiger partial charge in [-0.3, -0.25) is 9.69 Å². The average Bonchev–Trinajstić information content (AvgIpc) is 2.83. The van der Waals surface area contributed by atoms with Crippen LogP contribution in [0.15, 0.2) is 36.4 Å². The van der Waals surface area contributed by atoms with Crippen LogP contribution in [0.3, 0.4) is 0 Å². The van der Waals surface area contributed by atoms with E-state index in [-0.39, 0.29) is 18.5 Å². The number of carbonyl (C=O) groups excluding carboxylic acids is 2. The normalized spacial score (nSPS) is 13.7. The van der Waals surface area contributed by atoms with Crippen LogP contribution in [0.4, 0.5) is 16.2 Å². The van der Waals surface area contributed by atoms with Gasteiger partial charge in [-0.1, -0.05) is 0 Å². The number of benzene rings is 2. The Hall–Kier alpha value is -3.50. The summed E-state index contributed by atoms with van der Waals surface area (Å²) in [4.78, 5) is 26.6. The fourth-order valence-electron chi connectivity index (χ4n) is 3.39. The lowest BCUT2D eigenvalue weighted by molar-refractivity contribution is -0.118. The molecule has 0 aliphatic carbocycles. The molecule has 33 heavy (non-hydrogen) atoms. The zero-order chi connectivity index (χ0) is 23.6. The second-order valence-electron chi connectivity index (χ2n) is 7.36. The van der Waals surface area contributed by atoms with Crippen LogP contribution in [0, 0.1) is 0 Å². The van der Waals surface area contributed by atoms with E-state index in [4.69, 9.17) is 18.9 Å². The minimum absolute atomic E-state index is 0.0827. The molecule has 1 heterocycles. The smallest absolute Gasteiger partial charge is 0.319 e. The Balaban J connectivity index is 1.49. The Morgan fingerprint density at radius 2 is 1.48 bits per heavy atom. The van der Waals surface area contributed by atoms with Gasteiger partial charge in [-0.2, -0.15) is 0 Å². The lowest BCUT2D eigenvalue weighted by Gasteiger charge is -2.25. The van der Waals surface area contributed by atoms with Crippen molar-refractivity contribution in [2.75, 3.05) is 64.8 Å². The van der Waals surface area contributed by atoms with E-state index in [0.29, 0.717) is 48.4 Å². The molecule has 10 heteroatoms. The van der Waals surface area contributed by atoms with E-state index in [1.54, 1.807) is 36.4 Å². The maximum absolute atomic E-state index is 12.3. The molecule has 0 saturated carbocycles. The van der Waals surface area contributed by atoms with Crippen molar-refractivity contribution in [3.63, 3.8) is 0 Å². The third-order valence-corrected chi connectivity index (χ3v) is 5.08. The molecule has 1 aliphatic heterocycles. The molecule has 0 bridgehead atoms. The van der Waals surface area contributed by atoms with Crippen molar-refractivity contribution in [1.29, 1.82) is 0 Å². The van der Waals surface area contributed by atoms with Crippen LogP contribution in [0.2, 0.25) is 0 Å². The largest absolute Gasteiger partial charge is 0.493 e. The van der Waals surface area contributed by atoms with Gasteiger partial charge in [0.1, 0.15) is 0 Å². The number of anilines is 2. The second kappa shape index (κ2) is 11.9. The number of rotatable bonds is 9. The van der Waals surface area contributed by atoms with Crippen LogP contribution in [0.1, 0.15) is 5.56 Å². The highest BCUT2D eigenvalue weighted by Gasteiger charge is 2.15. The number of nitrogens with one attached hydrogen (secondary N) is 3. The Labute approximate surface area is 193 Å². The molecule has 3 rings (SSSR count). The summed E-state index contributed by atoms with van der Waals surface area (Å²) in [6, 6.07) is 10.1. The lowest BCUT2D eigenvalue weighted by Crippen LogP contribution is -2.41. The summed E-state index contributed by atoms with van der Waals surface area (Å²) in [6.45, 7) is 3.39. The van der Waals surface area contributed by atoms with Gasteiger partial charge in [0.05, 0.1) is 41.1 Å². The van der Waals surface area contributed by atoms with Crippen LogP contribution in [0.5, 0.6) is 17.2 Å². The zero-order valence-corrected chi connectivity index (χ0v) is 19.1. The molecule has 3 N–H and O–H groups in total. The summed E-state index contributed by atoms with van der Waals surface area (Å²) >= 11 is 0. The number of methoxy groups -OCH3 is 3. The van der Waals surface area contributed by atoms with Crippen LogP contribution >= 0.6 is 0 Å². The van der Waals surface area contributed by atoms with E-state index >= 15 is 0 Å². The number of hydrogen-bond acceptors (Lipinski definition) is 7. The maximum atomic E-state index is 12.3. The number of carbonyl (C=O) groups is 2.